The standard InChI is InChI=1S/C18H25F2N3O2.HI/c1-3-21-18(23-14-7-5-6-8-14)22-12-13-9-10-15(25-17(19)20)16(11-13)24-4-2;/h5-6,9-11,14,17H,3-4,7-8,12H2,1-2H3,(H2,21,22,23);1H. The molecular formula is C18H26F2IN3O2. The van der Waals surface area contributed by atoms with E-state index in [0.29, 0.717) is 24.9 Å². The van der Waals surface area contributed by atoms with Gasteiger partial charge in [0, 0.05) is 12.6 Å². The molecule has 1 aliphatic carbocycles. The number of ether oxygens (including phenoxy) is 2. The first-order valence-corrected chi connectivity index (χ1v) is 8.52. The summed E-state index contributed by atoms with van der Waals surface area (Å²) in [5.41, 5.74) is 0.854. The number of alkyl halides is 2. The van der Waals surface area contributed by atoms with Crippen molar-refractivity contribution in [1.29, 1.82) is 0 Å². The summed E-state index contributed by atoms with van der Waals surface area (Å²) in [6.07, 6.45) is 6.27. The third-order valence-electron chi connectivity index (χ3n) is 3.64. The number of aliphatic imine (C=N–C) groups is 1. The van der Waals surface area contributed by atoms with Crippen LogP contribution in [0.1, 0.15) is 32.3 Å². The number of benzene rings is 1. The lowest BCUT2D eigenvalue weighted by molar-refractivity contribution is -0.0514. The van der Waals surface area contributed by atoms with Crippen LogP contribution in [0.3, 0.4) is 0 Å². The van der Waals surface area contributed by atoms with Crippen molar-refractivity contribution in [3.63, 3.8) is 0 Å². The highest BCUT2D eigenvalue weighted by molar-refractivity contribution is 14.0. The Morgan fingerprint density at radius 1 is 1.23 bits per heavy atom. The normalized spacial score (nSPS) is 14.3. The van der Waals surface area contributed by atoms with E-state index in [9.17, 15) is 8.78 Å². The number of nitrogens with one attached hydrogen (secondary N) is 2. The topological polar surface area (TPSA) is 54.9 Å². The average molecular weight is 481 g/mol. The van der Waals surface area contributed by atoms with Crippen LogP contribution in [0.5, 0.6) is 11.5 Å². The van der Waals surface area contributed by atoms with Gasteiger partial charge in [0.05, 0.1) is 13.2 Å². The predicted molar refractivity (Wildman–Crippen MR) is 110 cm³/mol. The summed E-state index contributed by atoms with van der Waals surface area (Å²) in [7, 11) is 0. The fraction of sp³-hybridized carbons (Fsp3) is 0.500. The van der Waals surface area contributed by atoms with Gasteiger partial charge in [0.25, 0.3) is 0 Å². The molecule has 8 heteroatoms. The van der Waals surface area contributed by atoms with Crippen molar-refractivity contribution in [3.8, 4) is 11.5 Å². The number of nitrogens with zero attached hydrogens (tertiary/aromatic N) is 1. The van der Waals surface area contributed by atoms with E-state index in [1.807, 2.05) is 6.92 Å². The maximum atomic E-state index is 12.5. The van der Waals surface area contributed by atoms with Crippen LogP contribution >= 0.6 is 24.0 Å². The van der Waals surface area contributed by atoms with Gasteiger partial charge in [0.1, 0.15) is 0 Å². The molecule has 1 aromatic carbocycles. The first-order chi connectivity index (χ1) is 12.1. The van der Waals surface area contributed by atoms with Gasteiger partial charge >= 0.3 is 6.61 Å². The van der Waals surface area contributed by atoms with Crippen LogP contribution < -0.4 is 20.1 Å². The summed E-state index contributed by atoms with van der Waals surface area (Å²) in [4.78, 5) is 4.56. The molecule has 0 amide bonds. The van der Waals surface area contributed by atoms with Gasteiger partial charge in [-0.2, -0.15) is 8.78 Å². The number of guanidine groups is 1. The summed E-state index contributed by atoms with van der Waals surface area (Å²) >= 11 is 0. The Kier molecular flexibility index (Phi) is 10.3. The van der Waals surface area contributed by atoms with Gasteiger partial charge in [-0.05, 0) is 44.4 Å². The highest BCUT2D eigenvalue weighted by Crippen LogP contribution is 2.30. The molecule has 0 unspecified atom stereocenters. The summed E-state index contributed by atoms with van der Waals surface area (Å²) in [6, 6.07) is 5.25. The van der Waals surface area contributed by atoms with E-state index in [-0.39, 0.29) is 29.7 Å². The minimum absolute atomic E-state index is 0. The smallest absolute Gasteiger partial charge is 0.387 e. The lowest BCUT2D eigenvalue weighted by atomic mass is 10.2. The molecule has 0 saturated carbocycles. The van der Waals surface area contributed by atoms with Crippen LogP contribution in [0.4, 0.5) is 8.78 Å². The zero-order valence-electron chi connectivity index (χ0n) is 15.0. The SMILES string of the molecule is CCNC(=NCc1ccc(OC(F)F)c(OCC)c1)NC1CC=CC1.I. The lowest BCUT2D eigenvalue weighted by Gasteiger charge is -2.17. The van der Waals surface area contributed by atoms with Crippen LogP contribution in [0, 0.1) is 0 Å². The third kappa shape index (κ3) is 7.35. The zero-order chi connectivity index (χ0) is 18.1. The molecule has 1 aromatic rings. The van der Waals surface area contributed by atoms with Gasteiger partial charge < -0.3 is 20.1 Å². The molecule has 146 valence electrons. The summed E-state index contributed by atoms with van der Waals surface area (Å²) < 4.78 is 34.8. The van der Waals surface area contributed by atoms with Crippen LogP contribution in [0.25, 0.3) is 0 Å². The van der Waals surface area contributed by atoms with E-state index >= 15 is 0 Å². The number of rotatable bonds is 8. The maximum Gasteiger partial charge on any atom is 0.387 e. The summed E-state index contributed by atoms with van der Waals surface area (Å²) in [6.45, 7) is 2.45. The first-order valence-electron chi connectivity index (χ1n) is 8.52. The molecule has 0 aromatic heterocycles. The quantitative estimate of drug-likeness (QED) is 0.255. The second kappa shape index (κ2) is 11.9. The fourth-order valence-electron chi connectivity index (χ4n) is 2.53. The van der Waals surface area contributed by atoms with Gasteiger partial charge in [-0.15, -0.1) is 24.0 Å². The Labute approximate surface area is 170 Å². The molecule has 0 aliphatic heterocycles. The molecule has 0 spiro atoms. The van der Waals surface area contributed by atoms with Gasteiger partial charge in [0.2, 0.25) is 0 Å². The monoisotopic (exact) mass is 481 g/mol. The average Bonchev–Trinajstić information content (AvgIpc) is 3.08. The van der Waals surface area contributed by atoms with Crippen molar-refractivity contribution < 1.29 is 18.3 Å². The van der Waals surface area contributed by atoms with Crippen molar-refractivity contribution in [2.24, 2.45) is 4.99 Å². The molecule has 0 bridgehead atoms. The largest absolute Gasteiger partial charge is 0.490 e. The molecule has 0 fully saturated rings. The van der Waals surface area contributed by atoms with Crippen LogP contribution in [0.15, 0.2) is 35.3 Å². The number of hydrogen-bond donors (Lipinski definition) is 2. The number of halogens is 3. The van der Waals surface area contributed by atoms with Crippen LogP contribution in [-0.4, -0.2) is 31.8 Å². The Bertz CT molecular complexity index is 604. The summed E-state index contributed by atoms with van der Waals surface area (Å²) in [5.74, 6) is 1.07. The van der Waals surface area contributed by atoms with Crippen molar-refractivity contribution in [2.75, 3.05) is 13.2 Å². The molecule has 0 heterocycles. The molecule has 0 radical (unpaired) electrons. The minimum Gasteiger partial charge on any atom is -0.490 e. The second-order valence-electron chi connectivity index (χ2n) is 5.57. The molecule has 1 aliphatic rings. The highest BCUT2D eigenvalue weighted by Gasteiger charge is 2.13. The van der Waals surface area contributed by atoms with Crippen molar-refractivity contribution in [1.82, 2.24) is 10.6 Å². The third-order valence-corrected chi connectivity index (χ3v) is 3.64. The molecular weight excluding hydrogens is 455 g/mol. The van der Waals surface area contributed by atoms with E-state index in [0.717, 1.165) is 30.9 Å². The lowest BCUT2D eigenvalue weighted by Crippen LogP contribution is -2.42. The Balaban J connectivity index is 0.00000338. The van der Waals surface area contributed by atoms with Gasteiger partial charge in [-0.25, -0.2) is 4.99 Å². The van der Waals surface area contributed by atoms with E-state index < -0.39 is 6.61 Å². The molecule has 2 rings (SSSR count). The molecule has 0 atom stereocenters. The van der Waals surface area contributed by atoms with Crippen molar-refractivity contribution in [2.45, 2.75) is 45.9 Å². The van der Waals surface area contributed by atoms with Crippen LogP contribution in [-0.2, 0) is 6.54 Å². The molecule has 0 saturated heterocycles. The maximum absolute atomic E-state index is 12.5. The Hall–Kier alpha value is -1.58. The molecule has 2 N–H and O–H groups in total. The fourth-order valence-corrected chi connectivity index (χ4v) is 2.53. The zero-order valence-corrected chi connectivity index (χ0v) is 17.3. The Morgan fingerprint density at radius 3 is 2.58 bits per heavy atom. The van der Waals surface area contributed by atoms with Crippen molar-refractivity contribution in [3.05, 3.63) is 35.9 Å². The minimum atomic E-state index is -2.88. The molecule has 26 heavy (non-hydrogen) atoms. The summed E-state index contributed by atoms with van der Waals surface area (Å²) in [5, 5.41) is 6.60. The second-order valence-corrected chi connectivity index (χ2v) is 5.57. The van der Waals surface area contributed by atoms with E-state index in [2.05, 4.69) is 32.5 Å². The Morgan fingerprint density at radius 2 is 1.96 bits per heavy atom. The first kappa shape index (κ1) is 22.5. The number of hydrogen-bond acceptors (Lipinski definition) is 3. The van der Waals surface area contributed by atoms with Crippen molar-refractivity contribution >= 4 is 29.9 Å². The van der Waals surface area contributed by atoms with Gasteiger partial charge in [-0.1, -0.05) is 18.2 Å². The van der Waals surface area contributed by atoms with Gasteiger partial charge in [-0.3, -0.25) is 0 Å². The highest BCUT2D eigenvalue weighted by atomic mass is 127. The van der Waals surface area contributed by atoms with E-state index in [1.165, 1.54) is 6.07 Å². The van der Waals surface area contributed by atoms with E-state index in [4.69, 9.17) is 4.74 Å². The molecule has 5 nitrogen and oxygen atoms in total. The van der Waals surface area contributed by atoms with Crippen LogP contribution in [0.2, 0.25) is 0 Å². The predicted octanol–water partition coefficient (Wildman–Crippen LogP) is 4.08. The van der Waals surface area contributed by atoms with Gasteiger partial charge in [0.15, 0.2) is 17.5 Å². The van der Waals surface area contributed by atoms with E-state index in [1.54, 1.807) is 19.1 Å².